The van der Waals surface area contributed by atoms with Gasteiger partial charge in [-0.05, 0) is 49.4 Å². The molecule has 2 aromatic rings. The molecule has 0 heterocycles. The zero-order valence-corrected chi connectivity index (χ0v) is 18.8. The fourth-order valence-corrected chi connectivity index (χ4v) is 3.77. The van der Waals surface area contributed by atoms with Crippen molar-refractivity contribution in [1.29, 1.82) is 0 Å². The number of thioether (sulfide) groups is 1. The molecule has 2 rings (SSSR count). The van der Waals surface area contributed by atoms with E-state index in [0.29, 0.717) is 16.4 Å². The van der Waals surface area contributed by atoms with Gasteiger partial charge in [-0.15, -0.1) is 11.8 Å². The first-order chi connectivity index (χ1) is 14.3. The normalized spacial score (nSPS) is 11.8. The third-order valence-electron chi connectivity index (χ3n) is 4.37. The number of esters is 1. The lowest BCUT2D eigenvalue weighted by Crippen LogP contribution is -2.31. The number of hydrogen-bond acceptors (Lipinski definition) is 5. The Morgan fingerprint density at radius 3 is 2.30 bits per heavy atom. The van der Waals surface area contributed by atoms with Crippen molar-refractivity contribution < 1.29 is 19.1 Å². The molecule has 5 nitrogen and oxygen atoms in total. The zero-order valence-electron chi connectivity index (χ0n) is 17.9. The van der Waals surface area contributed by atoms with Gasteiger partial charge in [0.05, 0.1) is 17.4 Å². The zero-order chi connectivity index (χ0) is 22.1. The summed E-state index contributed by atoms with van der Waals surface area (Å²) in [5.41, 5.74) is 2.61. The second-order valence-corrected chi connectivity index (χ2v) is 8.71. The molecule has 160 valence electrons. The molecule has 0 aliphatic rings. The van der Waals surface area contributed by atoms with Crippen molar-refractivity contribution in [2.75, 3.05) is 12.4 Å². The van der Waals surface area contributed by atoms with Crippen LogP contribution in [0, 0.1) is 5.92 Å². The predicted octanol–water partition coefficient (Wildman–Crippen LogP) is 4.60. The highest BCUT2D eigenvalue weighted by Gasteiger charge is 2.16. The average Bonchev–Trinajstić information content (AvgIpc) is 2.70. The molecule has 2 aromatic carbocycles. The van der Waals surface area contributed by atoms with E-state index in [0.717, 1.165) is 12.0 Å². The van der Waals surface area contributed by atoms with Crippen LogP contribution in [0.2, 0.25) is 0 Å². The van der Waals surface area contributed by atoms with E-state index >= 15 is 0 Å². The molecule has 1 amide bonds. The first-order valence-electron chi connectivity index (χ1n) is 10.0. The number of benzene rings is 2. The van der Waals surface area contributed by atoms with E-state index in [2.05, 4.69) is 31.3 Å². The second kappa shape index (κ2) is 11.6. The Bertz CT molecular complexity index is 877. The fraction of sp³-hybridized carbons (Fsp3) is 0.375. The van der Waals surface area contributed by atoms with E-state index < -0.39 is 5.97 Å². The fourth-order valence-electron chi connectivity index (χ4n) is 2.93. The first kappa shape index (κ1) is 23.7. The highest BCUT2D eigenvalue weighted by atomic mass is 32.2. The van der Waals surface area contributed by atoms with Crippen molar-refractivity contribution in [3.63, 3.8) is 0 Å². The Balaban J connectivity index is 1.88. The van der Waals surface area contributed by atoms with Gasteiger partial charge in [0, 0.05) is 4.90 Å². The quantitative estimate of drug-likeness (QED) is 0.443. The Kier molecular flexibility index (Phi) is 9.12. The van der Waals surface area contributed by atoms with Crippen molar-refractivity contribution in [1.82, 2.24) is 5.32 Å². The summed E-state index contributed by atoms with van der Waals surface area (Å²) in [6.07, 6.45) is 1.02. The van der Waals surface area contributed by atoms with Crippen LogP contribution >= 0.6 is 11.8 Å². The van der Waals surface area contributed by atoms with Crippen LogP contribution in [0.3, 0.4) is 0 Å². The van der Waals surface area contributed by atoms with Gasteiger partial charge in [0.1, 0.15) is 5.78 Å². The SMILES string of the molecule is CC(=O)CSc1ccccc1C(=O)OCC(=O)N[C@@H](C)c1ccc(CC(C)C)cc1. The number of carbonyl (C=O) groups excluding carboxylic acids is 3. The summed E-state index contributed by atoms with van der Waals surface area (Å²) in [5, 5.41) is 2.85. The number of carbonyl (C=O) groups is 3. The minimum absolute atomic E-state index is 0.0220. The second-order valence-electron chi connectivity index (χ2n) is 7.69. The third-order valence-corrected chi connectivity index (χ3v) is 5.59. The van der Waals surface area contributed by atoms with E-state index in [1.54, 1.807) is 24.3 Å². The van der Waals surface area contributed by atoms with Crippen molar-refractivity contribution in [2.45, 2.75) is 45.1 Å². The number of ether oxygens (including phenoxy) is 1. The minimum Gasteiger partial charge on any atom is -0.452 e. The topological polar surface area (TPSA) is 72.5 Å². The maximum absolute atomic E-state index is 12.4. The highest BCUT2D eigenvalue weighted by Crippen LogP contribution is 2.23. The number of rotatable bonds is 10. The summed E-state index contributed by atoms with van der Waals surface area (Å²) in [6.45, 7) is 7.39. The van der Waals surface area contributed by atoms with Gasteiger partial charge in [-0.3, -0.25) is 9.59 Å². The van der Waals surface area contributed by atoms with E-state index in [1.165, 1.54) is 24.2 Å². The first-order valence-corrected chi connectivity index (χ1v) is 11.0. The molecule has 0 fully saturated rings. The van der Waals surface area contributed by atoms with Crippen LogP contribution in [0.25, 0.3) is 0 Å². The summed E-state index contributed by atoms with van der Waals surface area (Å²) in [5.74, 6) is -0.0565. The van der Waals surface area contributed by atoms with Gasteiger partial charge in [0.15, 0.2) is 6.61 Å². The molecule has 0 saturated heterocycles. The standard InChI is InChI=1S/C24H29NO4S/c1-16(2)13-19-9-11-20(12-10-19)18(4)25-23(27)14-29-24(28)21-7-5-6-8-22(21)30-15-17(3)26/h5-12,16,18H,13-15H2,1-4H3,(H,25,27)/t18-/m0/s1. The van der Waals surface area contributed by atoms with E-state index in [-0.39, 0.29) is 30.1 Å². The number of hydrogen-bond donors (Lipinski definition) is 1. The van der Waals surface area contributed by atoms with Gasteiger partial charge < -0.3 is 10.1 Å². The molecule has 0 aliphatic carbocycles. The number of Topliss-reactive ketones (excluding diaryl/α,β-unsaturated/α-hetero) is 1. The summed E-state index contributed by atoms with van der Waals surface area (Å²) >= 11 is 1.28. The average molecular weight is 428 g/mol. The van der Waals surface area contributed by atoms with Crippen molar-refractivity contribution in [3.8, 4) is 0 Å². The molecule has 30 heavy (non-hydrogen) atoms. The minimum atomic E-state index is -0.581. The number of nitrogens with one attached hydrogen (secondary N) is 1. The van der Waals surface area contributed by atoms with Gasteiger partial charge in [-0.25, -0.2) is 4.79 Å². The predicted molar refractivity (Wildman–Crippen MR) is 120 cm³/mol. The van der Waals surface area contributed by atoms with Crippen LogP contribution < -0.4 is 5.32 Å². The molecule has 1 atom stereocenters. The van der Waals surface area contributed by atoms with Gasteiger partial charge in [0.25, 0.3) is 5.91 Å². The molecular weight excluding hydrogens is 398 g/mol. The maximum Gasteiger partial charge on any atom is 0.339 e. The van der Waals surface area contributed by atoms with Crippen molar-refractivity contribution in [3.05, 3.63) is 65.2 Å². The molecule has 0 radical (unpaired) electrons. The van der Waals surface area contributed by atoms with E-state index in [4.69, 9.17) is 4.74 Å². The Labute approximate surface area is 182 Å². The van der Waals surface area contributed by atoms with E-state index in [1.807, 2.05) is 19.1 Å². The number of amides is 1. The molecule has 0 aromatic heterocycles. The molecule has 0 bridgehead atoms. The smallest absolute Gasteiger partial charge is 0.339 e. The molecule has 0 unspecified atom stereocenters. The van der Waals surface area contributed by atoms with Crippen LogP contribution in [0.4, 0.5) is 0 Å². The Hall–Kier alpha value is -2.60. The van der Waals surface area contributed by atoms with Crippen LogP contribution in [0.5, 0.6) is 0 Å². The van der Waals surface area contributed by atoms with Crippen molar-refractivity contribution >= 4 is 29.4 Å². The van der Waals surface area contributed by atoms with E-state index in [9.17, 15) is 14.4 Å². The summed E-state index contributed by atoms with van der Waals surface area (Å²) < 4.78 is 5.19. The Morgan fingerprint density at radius 1 is 1.00 bits per heavy atom. The monoisotopic (exact) mass is 427 g/mol. The molecule has 1 N–H and O–H groups in total. The lowest BCUT2D eigenvalue weighted by molar-refractivity contribution is -0.124. The lowest BCUT2D eigenvalue weighted by Gasteiger charge is -2.15. The summed E-state index contributed by atoms with van der Waals surface area (Å²) in [6, 6.07) is 14.9. The molecular formula is C24H29NO4S. The van der Waals surface area contributed by atoms with Crippen LogP contribution in [0.15, 0.2) is 53.4 Å². The van der Waals surface area contributed by atoms with Gasteiger partial charge in [-0.1, -0.05) is 50.2 Å². The molecule has 0 spiro atoms. The van der Waals surface area contributed by atoms with Gasteiger partial charge >= 0.3 is 5.97 Å². The van der Waals surface area contributed by atoms with Crippen molar-refractivity contribution in [2.24, 2.45) is 5.92 Å². The highest BCUT2D eigenvalue weighted by molar-refractivity contribution is 8.00. The van der Waals surface area contributed by atoms with Gasteiger partial charge in [-0.2, -0.15) is 0 Å². The molecule has 6 heteroatoms. The largest absolute Gasteiger partial charge is 0.452 e. The third kappa shape index (κ3) is 7.67. The van der Waals surface area contributed by atoms with Crippen LogP contribution in [-0.4, -0.2) is 30.0 Å². The van der Waals surface area contributed by atoms with Gasteiger partial charge in [0.2, 0.25) is 0 Å². The van der Waals surface area contributed by atoms with Crippen LogP contribution in [-0.2, 0) is 20.7 Å². The maximum atomic E-state index is 12.4. The number of ketones is 1. The summed E-state index contributed by atoms with van der Waals surface area (Å²) in [7, 11) is 0. The molecule has 0 aliphatic heterocycles. The van der Waals surface area contributed by atoms with Crippen LogP contribution in [0.1, 0.15) is 55.2 Å². The summed E-state index contributed by atoms with van der Waals surface area (Å²) in [4.78, 5) is 36.5. The molecule has 0 saturated carbocycles. The Morgan fingerprint density at radius 2 is 1.67 bits per heavy atom. The lowest BCUT2D eigenvalue weighted by atomic mass is 10.00.